The van der Waals surface area contributed by atoms with E-state index in [1.54, 1.807) is 6.20 Å². The molecule has 1 aromatic rings. The highest BCUT2D eigenvalue weighted by atomic mass is 16.3. The summed E-state index contributed by atoms with van der Waals surface area (Å²) in [4.78, 5) is 6.43. The highest BCUT2D eigenvalue weighted by molar-refractivity contribution is 5.62. The summed E-state index contributed by atoms with van der Waals surface area (Å²) < 4.78 is 0. The van der Waals surface area contributed by atoms with Crippen molar-refractivity contribution < 1.29 is 5.11 Å². The van der Waals surface area contributed by atoms with E-state index in [2.05, 4.69) is 16.8 Å². The second-order valence-electron chi connectivity index (χ2n) is 4.20. The van der Waals surface area contributed by atoms with E-state index in [0.717, 1.165) is 25.3 Å². The average Bonchev–Trinajstić information content (AvgIpc) is 2.23. The largest absolute Gasteiger partial charge is 0.396 e. The number of nitrogens with zero attached hydrogens (tertiary/aromatic N) is 2. The standard InChI is InChI=1S/C11H17N3O/c1-8-7-14(6-4-10(8)15)11-9(12)3-2-5-13-11/h2-3,5,8,10,15H,4,6-7,12H2,1H3/t8-,10+/m1/s1. The minimum atomic E-state index is -0.189. The molecule has 1 aliphatic heterocycles. The lowest BCUT2D eigenvalue weighted by Crippen LogP contribution is -2.42. The van der Waals surface area contributed by atoms with Crippen LogP contribution in [-0.2, 0) is 0 Å². The fraction of sp³-hybridized carbons (Fsp3) is 0.545. The summed E-state index contributed by atoms with van der Waals surface area (Å²) in [7, 11) is 0. The van der Waals surface area contributed by atoms with Crippen molar-refractivity contribution in [2.75, 3.05) is 23.7 Å². The first kappa shape index (κ1) is 10.2. The molecule has 3 N–H and O–H groups in total. The zero-order valence-corrected chi connectivity index (χ0v) is 8.93. The Morgan fingerprint density at radius 2 is 2.40 bits per heavy atom. The van der Waals surface area contributed by atoms with Crippen LogP contribution in [0.1, 0.15) is 13.3 Å². The Labute approximate surface area is 89.7 Å². The second-order valence-corrected chi connectivity index (χ2v) is 4.20. The van der Waals surface area contributed by atoms with E-state index in [1.165, 1.54) is 0 Å². The molecule has 82 valence electrons. The van der Waals surface area contributed by atoms with Crippen LogP contribution in [0, 0.1) is 5.92 Å². The lowest BCUT2D eigenvalue weighted by atomic mass is 9.97. The lowest BCUT2D eigenvalue weighted by Gasteiger charge is -2.35. The van der Waals surface area contributed by atoms with Gasteiger partial charge in [0.2, 0.25) is 0 Å². The van der Waals surface area contributed by atoms with Crippen molar-refractivity contribution in [2.24, 2.45) is 5.92 Å². The van der Waals surface area contributed by atoms with Crippen LogP contribution in [-0.4, -0.2) is 29.3 Å². The average molecular weight is 207 g/mol. The molecule has 1 fully saturated rings. The molecule has 1 saturated heterocycles. The molecule has 2 heterocycles. The Morgan fingerprint density at radius 3 is 3.07 bits per heavy atom. The molecule has 1 aromatic heterocycles. The van der Waals surface area contributed by atoms with Gasteiger partial charge in [-0.2, -0.15) is 0 Å². The summed E-state index contributed by atoms with van der Waals surface area (Å²) in [6.07, 6.45) is 2.35. The summed E-state index contributed by atoms with van der Waals surface area (Å²) in [6.45, 7) is 3.70. The number of nitrogen functional groups attached to an aromatic ring is 1. The zero-order chi connectivity index (χ0) is 10.8. The maximum Gasteiger partial charge on any atom is 0.151 e. The van der Waals surface area contributed by atoms with E-state index in [-0.39, 0.29) is 12.0 Å². The summed E-state index contributed by atoms with van der Waals surface area (Å²) in [5, 5.41) is 9.63. The lowest BCUT2D eigenvalue weighted by molar-refractivity contribution is 0.0969. The Bertz CT molecular complexity index is 342. The number of pyridine rings is 1. The van der Waals surface area contributed by atoms with Crippen LogP contribution in [0.15, 0.2) is 18.3 Å². The molecule has 1 aliphatic rings. The van der Waals surface area contributed by atoms with Crippen molar-refractivity contribution in [3.63, 3.8) is 0 Å². The van der Waals surface area contributed by atoms with Crippen LogP contribution in [0.3, 0.4) is 0 Å². The van der Waals surface area contributed by atoms with Crippen LogP contribution < -0.4 is 10.6 Å². The fourth-order valence-corrected chi connectivity index (χ4v) is 2.00. The molecule has 15 heavy (non-hydrogen) atoms. The molecule has 0 amide bonds. The van der Waals surface area contributed by atoms with Crippen molar-refractivity contribution in [2.45, 2.75) is 19.4 Å². The van der Waals surface area contributed by atoms with Crippen LogP contribution in [0.25, 0.3) is 0 Å². The molecule has 0 unspecified atom stereocenters. The normalized spacial score (nSPS) is 26.7. The van der Waals surface area contributed by atoms with Crippen LogP contribution in [0.4, 0.5) is 11.5 Å². The first-order valence-corrected chi connectivity index (χ1v) is 5.32. The van der Waals surface area contributed by atoms with Gasteiger partial charge < -0.3 is 15.7 Å². The molecule has 0 saturated carbocycles. The third-order valence-electron chi connectivity index (χ3n) is 2.98. The van der Waals surface area contributed by atoms with Crippen LogP contribution in [0.2, 0.25) is 0 Å². The number of piperidine rings is 1. The van der Waals surface area contributed by atoms with Gasteiger partial charge in [-0.15, -0.1) is 0 Å². The first-order valence-electron chi connectivity index (χ1n) is 5.32. The highest BCUT2D eigenvalue weighted by Gasteiger charge is 2.25. The van der Waals surface area contributed by atoms with Gasteiger partial charge in [0, 0.05) is 19.3 Å². The van der Waals surface area contributed by atoms with E-state index in [1.807, 2.05) is 12.1 Å². The van der Waals surface area contributed by atoms with E-state index in [0.29, 0.717) is 5.69 Å². The molecule has 0 radical (unpaired) electrons. The van der Waals surface area contributed by atoms with E-state index < -0.39 is 0 Å². The number of anilines is 2. The Balaban J connectivity index is 2.15. The summed E-state index contributed by atoms with van der Waals surface area (Å²) in [5.41, 5.74) is 6.57. The predicted molar refractivity (Wildman–Crippen MR) is 60.7 cm³/mol. The molecule has 2 atom stereocenters. The summed E-state index contributed by atoms with van der Waals surface area (Å²) in [6, 6.07) is 3.69. The fourth-order valence-electron chi connectivity index (χ4n) is 2.00. The van der Waals surface area contributed by atoms with E-state index in [9.17, 15) is 5.11 Å². The number of aromatic nitrogens is 1. The molecular weight excluding hydrogens is 190 g/mol. The molecular formula is C11H17N3O. The third-order valence-corrected chi connectivity index (χ3v) is 2.98. The van der Waals surface area contributed by atoms with Gasteiger partial charge in [0.15, 0.2) is 5.82 Å². The maximum absolute atomic E-state index is 9.63. The Morgan fingerprint density at radius 1 is 1.60 bits per heavy atom. The number of hydrogen-bond acceptors (Lipinski definition) is 4. The maximum atomic E-state index is 9.63. The minimum absolute atomic E-state index is 0.189. The third kappa shape index (κ3) is 2.04. The van der Waals surface area contributed by atoms with Gasteiger partial charge in [0.1, 0.15) is 0 Å². The molecule has 2 rings (SSSR count). The van der Waals surface area contributed by atoms with Gasteiger partial charge in [-0.3, -0.25) is 0 Å². The highest BCUT2D eigenvalue weighted by Crippen LogP contribution is 2.25. The predicted octanol–water partition coefficient (Wildman–Crippen LogP) is 0.871. The smallest absolute Gasteiger partial charge is 0.151 e. The van der Waals surface area contributed by atoms with E-state index >= 15 is 0 Å². The van der Waals surface area contributed by atoms with Crippen molar-refractivity contribution in [1.29, 1.82) is 0 Å². The number of nitrogens with two attached hydrogens (primary N) is 1. The Hall–Kier alpha value is -1.29. The van der Waals surface area contributed by atoms with Crippen LogP contribution >= 0.6 is 0 Å². The number of aliphatic hydroxyl groups is 1. The van der Waals surface area contributed by atoms with Gasteiger partial charge >= 0.3 is 0 Å². The van der Waals surface area contributed by atoms with Crippen molar-refractivity contribution >= 4 is 11.5 Å². The number of hydrogen-bond donors (Lipinski definition) is 2. The Kier molecular flexibility index (Phi) is 2.77. The van der Waals surface area contributed by atoms with Crippen molar-refractivity contribution in [3.8, 4) is 0 Å². The van der Waals surface area contributed by atoms with Gasteiger partial charge in [-0.1, -0.05) is 6.92 Å². The minimum Gasteiger partial charge on any atom is -0.396 e. The molecule has 0 aromatic carbocycles. The van der Waals surface area contributed by atoms with Gasteiger partial charge in [0.05, 0.1) is 11.8 Å². The number of aliphatic hydroxyl groups excluding tert-OH is 1. The molecule has 0 bridgehead atoms. The topological polar surface area (TPSA) is 62.4 Å². The molecule has 4 nitrogen and oxygen atoms in total. The van der Waals surface area contributed by atoms with Crippen molar-refractivity contribution in [1.82, 2.24) is 4.98 Å². The summed E-state index contributed by atoms with van der Waals surface area (Å²) >= 11 is 0. The SMILES string of the molecule is C[C@@H]1CN(c2ncccc2N)CC[C@@H]1O. The molecule has 0 aliphatic carbocycles. The summed E-state index contributed by atoms with van der Waals surface area (Å²) in [5.74, 6) is 1.12. The quantitative estimate of drug-likeness (QED) is 0.717. The molecule has 0 spiro atoms. The first-order chi connectivity index (χ1) is 7.18. The monoisotopic (exact) mass is 207 g/mol. The number of rotatable bonds is 1. The zero-order valence-electron chi connectivity index (χ0n) is 8.93. The van der Waals surface area contributed by atoms with Crippen molar-refractivity contribution in [3.05, 3.63) is 18.3 Å². The van der Waals surface area contributed by atoms with Gasteiger partial charge in [0.25, 0.3) is 0 Å². The van der Waals surface area contributed by atoms with E-state index in [4.69, 9.17) is 5.73 Å². The van der Waals surface area contributed by atoms with Gasteiger partial charge in [-0.05, 0) is 24.5 Å². The second kappa shape index (κ2) is 4.06. The van der Waals surface area contributed by atoms with Crippen LogP contribution in [0.5, 0.6) is 0 Å². The molecule has 4 heteroatoms. The van der Waals surface area contributed by atoms with Gasteiger partial charge in [-0.25, -0.2) is 4.98 Å².